The van der Waals surface area contributed by atoms with E-state index in [1.54, 1.807) is 28.9 Å². The average molecular weight is 413 g/mol. The van der Waals surface area contributed by atoms with Crippen LogP contribution in [0.4, 0.5) is 16.3 Å². The van der Waals surface area contributed by atoms with E-state index in [9.17, 15) is 4.79 Å². The molecule has 7 heteroatoms. The first kappa shape index (κ1) is 20.7. The third kappa shape index (κ3) is 5.29. The summed E-state index contributed by atoms with van der Waals surface area (Å²) in [5, 5.41) is 11.0. The molecule has 0 saturated heterocycles. The van der Waals surface area contributed by atoms with Gasteiger partial charge >= 0.3 is 6.03 Å². The fraction of sp³-hybridized carbons (Fsp3) is 0.273. The number of rotatable bonds is 5. The number of urea groups is 1. The van der Waals surface area contributed by atoms with Crippen molar-refractivity contribution in [1.82, 2.24) is 9.78 Å². The molecule has 0 unspecified atom stereocenters. The molecule has 0 bridgehead atoms. The number of anilines is 2. The predicted molar refractivity (Wildman–Crippen MR) is 118 cm³/mol. The van der Waals surface area contributed by atoms with E-state index in [0.717, 1.165) is 17.1 Å². The summed E-state index contributed by atoms with van der Waals surface area (Å²) in [7, 11) is 0. The minimum Gasteiger partial charge on any atom is -0.494 e. The number of halogens is 1. The van der Waals surface area contributed by atoms with Crippen LogP contribution in [-0.4, -0.2) is 22.4 Å². The van der Waals surface area contributed by atoms with Crippen LogP contribution in [0, 0.1) is 0 Å². The van der Waals surface area contributed by atoms with Crippen LogP contribution in [0.15, 0.2) is 54.6 Å². The van der Waals surface area contributed by atoms with E-state index < -0.39 is 0 Å². The zero-order valence-corrected chi connectivity index (χ0v) is 17.7. The summed E-state index contributed by atoms with van der Waals surface area (Å²) in [6.45, 7) is 8.74. The second-order valence-corrected chi connectivity index (χ2v) is 8.03. The quantitative estimate of drug-likeness (QED) is 0.551. The van der Waals surface area contributed by atoms with Gasteiger partial charge in [0.05, 0.1) is 18.0 Å². The molecule has 0 aliphatic heterocycles. The molecule has 0 aliphatic carbocycles. The molecule has 0 aliphatic rings. The monoisotopic (exact) mass is 412 g/mol. The van der Waals surface area contributed by atoms with E-state index in [4.69, 9.17) is 21.4 Å². The molecule has 0 fully saturated rings. The minimum absolute atomic E-state index is 0.175. The van der Waals surface area contributed by atoms with Crippen molar-refractivity contribution in [2.45, 2.75) is 33.1 Å². The number of carbonyl (C=O) groups excluding carboxylic acids is 1. The first-order chi connectivity index (χ1) is 13.8. The third-order valence-electron chi connectivity index (χ3n) is 4.19. The van der Waals surface area contributed by atoms with E-state index in [1.165, 1.54) is 0 Å². The maximum absolute atomic E-state index is 12.6. The first-order valence-electron chi connectivity index (χ1n) is 9.43. The molecule has 1 heterocycles. The summed E-state index contributed by atoms with van der Waals surface area (Å²) in [6.07, 6.45) is 0. The summed E-state index contributed by atoms with van der Waals surface area (Å²) in [4.78, 5) is 12.6. The molecule has 29 heavy (non-hydrogen) atoms. The van der Waals surface area contributed by atoms with Gasteiger partial charge in [-0.05, 0) is 43.3 Å². The van der Waals surface area contributed by atoms with Crippen LogP contribution in [0.2, 0.25) is 5.02 Å². The standard InChI is InChI=1S/C22H25ClN4O2/c1-5-29-18-8-6-7-17(13-18)27-20(14-19(26-27)22(2,3)4)25-21(28)24-16-11-9-15(23)10-12-16/h6-14H,5H2,1-4H3,(H2,24,25,28). The second kappa shape index (κ2) is 8.57. The van der Waals surface area contributed by atoms with Crippen LogP contribution in [0.3, 0.4) is 0 Å². The largest absolute Gasteiger partial charge is 0.494 e. The Morgan fingerprint density at radius 1 is 1.10 bits per heavy atom. The summed E-state index contributed by atoms with van der Waals surface area (Å²) < 4.78 is 7.31. The van der Waals surface area contributed by atoms with Crippen molar-refractivity contribution in [2.75, 3.05) is 17.2 Å². The van der Waals surface area contributed by atoms with Gasteiger partial charge in [0.15, 0.2) is 0 Å². The van der Waals surface area contributed by atoms with Crippen molar-refractivity contribution in [2.24, 2.45) is 0 Å². The Balaban J connectivity index is 1.90. The van der Waals surface area contributed by atoms with Crippen molar-refractivity contribution in [3.8, 4) is 11.4 Å². The van der Waals surface area contributed by atoms with Gasteiger partial charge in [0, 0.05) is 28.3 Å². The lowest BCUT2D eigenvalue weighted by Gasteiger charge is -2.14. The van der Waals surface area contributed by atoms with Crippen LogP contribution < -0.4 is 15.4 Å². The average Bonchev–Trinajstić information content (AvgIpc) is 3.08. The van der Waals surface area contributed by atoms with Gasteiger partial charge in [-0.25, -0.2) is 9.48 Å². The van der Waals surface area contributed by atoms with Gasteiger partial charge in [-0.15, -0.1) is 0 Å². The van der Waals surface area contributed by atoms with Gasteiger partial charge in [0.2, 0.25) is 0 Å². The number of carbonyl (C=O) groups is 1. The minimum atomic E-state index is -0.366. The Labute approximate surface area is 175 Å². The van der Waals surface area contributed by atoms with Crippen LogP contribution >= 0.6 is 11.6 Å². The first-order valence-corrected chi connectivity index (χ1v) is 9.81. The smallest absolute Gasteiger partial charge is 0.324 e. The molecule has 0 radical (unpaired) electrons. The Hall–Kier alpha value is -2.99. The summed E-state index contributed by atoms with van der Waals surface area (Å²) >= 11 is 5.90. The Morgan fingerprint density at radius 3 is 2.48 bits per heavy atom. The van der Waals surface area contributed by atoms with Gasteiger partial charge in [-0.2, -0.15) is 5.10 Å². The van der Waals surface area contributed by atoms with Crippen LogP contribution in [0.25, 0.3) is 5.69 Å². The molecular formula is C22H25ClN4O2. The highest BCUT2D eigenvalue weighted by Crippen LogP contribution is 2.27. The molecule has 152 valence electrons. The Bertz CT molecular complexity index is 991. The molecule has 2 aromatic carbocycles. The van der Waals surface area contributed by atoms with Crippen molar-refractivity contribution in [3.05, 3.63) is 65.3 Å². The number of nitrogens with one attached hydrogen (secondary N) is 2. The topological polar surface area (TPSA) is 68.2 Å². The predicted octanol–water partition coefficient (Wildman–Crippen LogP) is 5.87. The van der Waals surface area contributed by atoms with Gasteiger partial charge < -0.3 is 10.1 Å². The molecule has 3 rings (SSSR count). The number of benzene rings is 2. The third-order valence-corrected chi connectivity index (χ3v) is 4.45. The fourth-order valence-corrected chi connectivity index (χ4v) is 2.84. The van der Waals surface area contributed by atoms with Crippen LogP contribution in [0.5, 0.6) is 5.75 Å². The molecule has 0 spiro atoms. The molecular weight excluding hydrogens is 388 g/mol. The number of amides is 2. The lowest BCUT2D eigenvalue weighted by atomic mass is 9.92. The van der Waals surface area contributed by atoms with Crippen molar-refractivity contribution >= 4 is 29.1 Å². The molecule has 6 nitrogen and oxygen atoms in total. The van der Waals surface area contributed by atoms with Crippen molar-refractivity contribution in [3.63, 3.8) is 0 Å². The zero-order chi connectivity index (χ0) is 21.0. The van der Waals surface area contributed by atoms with Crippen molar-refractivity contribution in [1.29, 1.82) is 0 Å². The molecule has 1 aromatic heterocycles. The number of ether oxygens (including phenoxy) is 1. The maximum atomic E-state index is 12.6. The van der Waals surface area contributed by atoms with E-state index in [1.807, 2.05) is 37.3 Å². The second-order valence-electron chi connectivity index (χ2n) is 7.59. The zero-order valence-electron chi connectivity index (χ0n) is 17.0. The van der Waals surface area contributed by atoms with Crippen LogP contribution in [0.1, 0.15) is 33.4 Å². The Kier molecular flexibility index (Phi) is 6.13. The highest BCUT2D eigenvalue weighted by Gasteiger charge is 2.21. The number of hydrogen-bond donors (Lipinski definition) is 2. The van der Waals surface area contributed by atoms with E-state index in [2.05, 4.69) is 31.4 Å². The number of hydrogen-bond acceptors (Lipinski definition) is 3. The summed E-state index contributed by atoms with van der Waals surface area (Å²) in [5.74, 6) is 1.31. The van der Waals surface area contributed by atoms with E-state index >= 15 is 0 Å². The molecule has 0 atom stereocenters. The highest BCUT2D eigenvalue weighted by molar-refractivity contribution is 6.30. The lowest BCUT2D eigenvalue weighted by molar-refractivity contribution is 0.262. The van der Waals surface area contributed by atoms with Crippen molar-refractivity contribution < 1.29 is 9.53 Å². The van der Waals surface area contributed by atoms with Gasteiger partial charge in [0.25, 0.3) is 0 Å². The van der Waals surface area contributed by atoms with Gasteiger partial charge in [-0.1, -0.05) is 38.4 Å². The molecule has 2 amide bonds. The van der Waals surface area contributed by atoms with E-state index in [-0.39, 0.29) is 11.4 Å². The maximum Gasteiger partial charge on any atom is 0.324 e. The Morgan fingerprint density at radius 2 is 1.83 bits per heavy atom. The molecule has 3 aromatic rings. The normalized spacial score (nSPS) is 11.2. The fourth-order valence-electron chi connectivity index (χ4n) is 2.72. The SMILES string of the molecule is CCOc1cccc(-n2nc(C(C)(C)C)cc2NC(=O)Nc2ccc(Cl)cc2)c1. The highest BCUT2D eigenvalue weighted by atomic mass is 35.5. The van der Waals surface area contributed by atoms with Gasteiger partial charge in [0.1, 0.15) is 11.6 Å². The van der Waals surface area contributed by atoms with Gasteiger partial charge in [-0.3, -0.25) is 5.32 Å². The number of aromatic nitrogens is 2. The van der Waals surface area contributed by atoms with Crippen LogP contribution in [-0.2, 0) is 5.41 Å². The number of nitrogens with zero attached hydrogens (tertiary/aromatic N) is 2. The lowest BCUT2D eigenvalue weighted by Crippen LogP contribution is -2.21. The molecule has 2 N–H and O–H groups in total. The molecule has 0 saturated carbocycles. The summed E-state index contributed by atoms with van der Waals surface area (Å²) in [6, 6.07) is 16.0. The summed E-state index contributed by atoms with van der Waals surface area (Å²) in [5.41, 5.74) is 2.13. The van der Waals surface area contributed by atoms with E-state index in [0.29, 0.717) is 23.1 Å².